The van der Waals surface area contributed by atoms with E-state index in [1.807, 2.05) is 0 Å². The lowest BCUT2D eigenvalue weighted by molar-refractivity contribution is 0.263. The van der Waals surface area contributed by atoms with Crippen molar-refractivity contribution in [2.75, 3.05) is 13.1 Å². The van der Waals surface area contributed by atoms with E-state index in [4.69, 9.17) is 11.6 Å². The Hall–Kier alpha value is -0.640. The van der Waals surface area contributed by atoms with E-state index in [2.05, 4.69) is 31.1 Å². The summed E-state index contributed by atoms with van der Waals surface area (Å²) in [6, 6.07) is 0. The number of rotatable bonds is 6. The predicted octanol–water partition coefficient (Wildman–Crippen LogP) is 1.71. The highest BCUT2D eigenvalue weighted by Gasteiger charge is 2.19. The van der Waals surface area contributed by atoms with Crippen LogP contribution in [0.2, 0.25) is 0 Å². The summed E-state index contributed by atoms with van der Waals surface area (Å²) in [5.74, 6) is 5.46. The molecule has 0 heterocycles. The lowest BCUT2D eigenvalue weighted by Gasteiger charge is -2.26. The Morgan fingerprint density at radius 2 is 2.00 bits per heavy atom. The van der Waals surface area contributed by atoms with Gasteiger partial charge in [0.2, 0.25) is 0 Å². The zero-order valence-electron chi connectivity index (χ0n) is 8.95. The first-order valence-electron chi connectivity index (χ1n) is 4.78. The maximum Gasteiger partial charge on any atom is 0.0645 e. The van der Waals surface area contributed by atoms with Gasteiger partial charge >= 0.3 is 0 Å². The molecule has 0 amide bonds. The van der Waals surface area contributed by atoms with Gasteiger partial charge in [-0.15, -0.1) is 0 Å². The number of nitrogens with zero attached hydrogens (tertiary/aromatic N) is 2. The molecule has 0 aromatic heterocycles. The van der Waals surface area contributed by atoms with Crippen LogP contribution in [0.4, 0.5) is 0 Å². The van der Waals surface area contributed by atoms with Crippen molar-refractivity contribution in [2.24, 2.45) is 33.2 Å². The molecule has 0 fully saturated rings. The van der Waals surface area contributed by atoms with Gasteiger partial charge in [0, 0.05) is 0 Å². The van der Waals surface area contributed by atoms with Gasteiger partial charge in [-0.1, -0.05) is 26.0 Å². The van der Waals surface area contributed by atoms with Crippen molar-refractivity contribution in [3.05, 3.63) is 0 Å². The standard InChI is InChI=1S/C9H22N4/c1-8(7-12-13-11)6-9(2,3)4-5-10/h8H,4-7,10H2,1-3H3,(H2,11,12). The molecule has 78 valence electrons. The molecule has 0 aliphatic rings. The molecule has 0 aliphatic carbocycles. The van der Waals surface area contributed by atoms with Crippen molar-refractivity contribution in [2.45, 2.75) is 33.6 Å². The average molecular weight is 186 g/mol. The Morgan fingerprint density at radius 1 is 1.38 bits per heavy atom. The predicted molar refractivity (Wildman–Crippen MR) is 55.1 cm³/mol. The number of hydrogen-bond donors (Lipinski definition) is 2. The zero-order chi connectivity index (χ0) is 10.3. The molecular formula is C9H22N4. The van der Waals surface area contributed by atoms with Gasteiger partial charge in [-0.25, -0.2) is 0 Å². The highest BCUT2D eigenvalue weighted by molar-refractivity contribution is 4.72. The van der Waals surface area contributed by atoms with Crippen LogP contribution in [0.15, 0.2) is 10.3 Å². The van der Waals surface area contributed by atoms with Crippen molar-refractivity contribution in [3.63, 3.8) is 0 Å². The van der Waals surface area contributed by atoms with Crippen LogP contribution >= 0.6 is 0 Å². The van der Waals surface area contributed by atoms with Gasteiger partial charge in [0.15, 0.2) is 0 Å². The third-order valence-corrected chi connectivity index (χ3v) is 2.20. The normalized spacial score (nSPS) is 15.1. The molecule has 0 aromatic carbocycles. The molecule has 0 aliphatic heterocycles. The minimum atomic E-state index is 0.304. The molecule has 0 saturated heterocycles. The summed E-state index contributed by atoms with van der Waals surface area (Å²) in [6.07, 6.45) is 2.17. The second kappa shape index (κ2) is 5.91. The molecule has 4 N–H and O–H groups in total. The monoisotopic (exact) mass is 186 g/mol. The summed E-state index contributed by atoms with van der Waals surface area (Å²) < 4.78 is 0. The molecule has 0 rings (SSSR count). The third-order valence-electron chi connectivity index (χ3n) is 2.20. The maximum atomic E-state index is 5.53. The van der Waals surface area contributed by atoms with E-state index in [1.54, 1.807) is 0 Å². The van der Waals surface area contributed by atoms with Gasteiger partial charge in [-0.05, 0) is 30.7 Å². The van der Waals surface area contributed by atoms with Gasteiger partial charge in [-0.3, -0.25) is 0 Å². The van der Waals surface area contributed by atoms with Crippen molar-refractivity contribution >= 4 is 0 Å². The molecular weight excluding hydrogens is 164 g/mol. The average Bonchev–Trinajstić information content (AvgIpc) is 1.99. The Labute approximate surface area is 80.8 Å². The van der Waals surface area contributed by atoms with E-state index in [9.17, 15) is 0 Å². The van der Waals surface area contributed by atoms with Crippen LogP contribution < -0.4 is 11.6 Å². The van der Waals surface area contributed by atoms with Crippen LogP contribution in [0.3, 0.4) is 0 Å². The molecule has 4 nitrogen and oxygen atoms in total. The second-order valence-electron chi connectivity index (χ2n) is 4.45. The van der Waals surface area contributed by atoms with Crippen LogP contribution in [0, 0.1) is 11.3 Å². The molecule has 4 heteroatoms. The van der Waals surface area contributed by atoms with Crippen LogP contribution in [0.1, 0.15) is 33.6 Å². The lowest BCUT2D eigenvalue weighted by atomic mass is 9.81. The second-order valence-corrected chi connectivity index (χ2v) is 4.45. The minimum Gasteiger partial charge on any atom is -0.330 e. The molecule has 0 radical (unpaired) electrons. The fourth-order valence-corrected chi connectivity index (χ4v) is 1.69. The Kier molecular flexibility index (Phi) is 5.62. The highest BCUT2D eigenvalue weighted by atomic mass is 15.3. The lowest BCUT2D eigenvalue weighted by Crippen LogP contribution is -2.21. The molecule has 0 bridgehead atoms. The molecule has 0 aromatic rings. The quantitative estimate of drug-likeness (QED) is 0.376. The van der Waals surface area contributed by atoms with Crippen molar-refractivity contribution < 1.29 is 0 Å². The summed E-state index contributed by atoms with van der Waals surface area (Å²) in [7, 11) is 0. The largest absolute Gasteiger partial charge is 0.330 e. The van der Waals surface area contributed by atoms with Gasteiger partial charge in [0.25, 0.3) is 0 Å². The Balaban J connectivity index is 3.81. The van der Waals surface area contributed by atoms with Crippen molar-refractivity contribution in [1.29, 1.82) is 0 Å². The molecule has 13 heavy (non-hydrogen) atoms. The summed E-state index contributed by atoms with van der Waals surface area (Å²) >= 11 is 0. The van der Waals surface area contributed by atoms with Gasteiger partial charge in [0.05, 0.1) is 6.54 Å². The van der Waals surface area contributed by atoms with Gasteiger partial charge < -0.3 is 11.6 Å². The fourth-order valence-electron chi connectivity index (χ4n) is 1.69. The summed E-state index contributed by atoms with van der Waals surface area (Å²) in [5, 5.41) is 7.04. The van der Waals surface area contributed by atoms with Crippen molar-refractivity contribution in [3.8, 4) is 0 Å². The molecule has 0 spiro atoms. The Bertz CT molecular complexity index is 154. The van der Waals surface area contributed by atoms with Gasteiger partial charge in [0.1, 0.15) is 0 Å². The van der Waals surface area contributed by atoms with E-state index in [-0.39, 0.29) is 0 Å². The van der Waals surface area contributed by atoms with E-state index in [1.165, 1.54) is 0 Å². The maximum absolute atomic E-state index is 5.53. The van der Waals surface area contributed by atoms with Crippen molar-refractivity contribution in [1.82, 2.24) is 0 Å². The topological polar surface area (TPSA) is 76.8 Å². The van der Waals surface area contributed by atoms with Crippen LogP contribution in [-0.4, -0.2) is 13.1 Å². The molecule has 1 atom stereocenters. The van der Waals surface area contributed by atoms with E-state index in [0.717, 1.165) is 19.4 Å². The first-order chi connectivity index (χ1) is 6.02. The summed E-state index contributed by atoms with van der Waals surface area (Å²) in [5.41, 5.74) is 5.83. The van der Waals surface area contributed by atoms with Crippen LogP contribution in [-0.2, 0) is 0 Å². The van der Waals surface area contributed by atoms with E-state index < -0.39 is 0 Å². The molecule has 0 saturated carbocycles. The van der Waals surface area contributed by atoms with E-state index >= 15 is 0 Å². The minimum absolute atomic E-state index is 0.304. The first-order valence-corrected chi connectivity index (χ1v) is 4.78. The van der Waals surface area contributed by atoms with Gasteiger partial charge in [-0.2, -0.15) is 5.11 Å². The number of hydrogen-bond acceptors (Lipinski definition) is 3. The zero-order valence-corrected chi connectivity index (χ0v) is 8.95. The smallest absolute Gasteiger partial charge is 0.0645 e. The van der Waals surface area contributed by atoms with E-state index in [0.29, 0.717) is 17.9 Å². The van der Waals surface area contributed by atoms with Crippen LogP contribution in [0.25, 0.3) is 0 Å². The summed E-state index contributed by atoms with van der Waals surface area (Å²) in [6.45, 7) is 8.08. The highest BCUT2D eigenvalue weighted by Crippen LogP contribution is 2.28. The SMILES string of the molecule is CC(CN=NN)CC(C)(C)CCN. The Morgan fingerprint density at radius 3 is 2.46 bits per heavy atom. The van der Waals surface area contributed by atoms with Crippen LogP contribution in [0.5, 0.6) is 0 Å². The first kappa shape index (κ1) is 12.4. The number of nitrogens with two attached hydrogens (primary N) is 2. The summed E-state index contributed by atoms with van der Waals surface area (Å²) in [4.78, 5) is 0. The third kappa shape index (κ3) is 6.51. The fraction of sp³-hybridized carbons (Fsp3) is 1.00. The molecule has 1 unspecified atom stereocenters.